The predicted octanol–water partition coefficient (Wildman–Crippen LogP) is 2.44. The van der Waals surface area contributed by atoms with Crippen LogP contribution in [0.2, 0.25) is 0 Å². The molecule has 25 heavy (non-hydrogen) atoms. The Hall–Kier alpha value is -1.89. The van der Waals surface area contributed by atoms with Crippen molar-refractivity contribution in [3.05, 3.63) is 35.3 Å². The van der Waals surface area contributed by atoms with E-state index >= 15 is 0 Å². The van der Waals surface area contributed by atoms with Crippen LogP contribution in [0.15, 0.2) is 18.2 Å². The SMILES string of the molecule is Cc1[nH]c2ccc(F)cc2c1CC(=O)N1CCC[C@@H](CS(C)(=O)=O)C1. The number of piperidine rings is 1. The molecule has 1 aromatic heterocycles. The van der Waals surface area contributed by atoms with Gasteiger partial charge in [-0.05, 0) is 49.4 Å². The molecule has 1 aliphatic heterocycles. The van der Waals surface area contributed by atoms with Gasteiger partial charge in [0, 0.05) is 35.9 Å². The van der Waals surface area contributed by atoms with Crippen molar-refractivity contribution >= 4 is 26.6 Å². The van der Waals surface area contributed by atoms with Crippen LogP contribution in [0.4, 0.5) is 4.39 Å². The van der Waals surface area contributed by atoms with Gasteiger partial charge >= 0.3 is 0 Å². The van der Waals surface area contributed by atoms with E-state index in [-0.39, 0.29) is 29.8 Å². The molecule has 5 nitrogen and oxygen atoms in total. The number of carbonyl (C=O) groups is 1. The van der Waals surface area contributed by atoms with Gasteiger partial charge < -0.3 is 9.88 Å². The number of likely N-dealkylation sites (tertiary alicyclic amines) is 1. The number of aryl methyl sites for hydroxylation is 1. The molecule has 2 aromatic rings. The molecule has 1 N–H and O–H groups in total. The first kappa shape index (κ1) is 17.9. The van der Waals surface area contributed by atoms with Crippen molar-refractivity contribution in [3.63, 3.8) is 0 Å². The Morgan fingerprint density at radius 1 is 1.40 bits per heavy atom. The molecule has 136 valence electrons. The molecule has 0 saturated carbocycles. The zero-order chi connectivity index (χ0) is 18.2. The highest BCUT2D eigenvalue weighted by Gasteiger charge is 2.27. The monoisotopic (exact) mass is 366 g/mol. The normalized spacial score (nSPS) is 18.7. The number of aromatic nitrogens is 1. The van der Waals surface area contributed by atoms with Gasteiger partial charge in [-0.1, -0.05) is 0 Å². The second kappa shape index (κ2) is 6.78. The molecule has 3 rings (SSSR count). The Balaban J connectivity index is 1.76. The summed E-state index contributed by atoms with van der Waals surface area (Å²) in [6.45, 7) is 3.00. The molecule has 0 unspecified atom stereocenters. The minimum atomic E-state index is -3.05. The number of hydrogen-bond acceptors (Lipinski definition) is 3. The topological polar surface area (TPSA) is 70.2 Å². The number of amides is 1. The van der Waals surface area contributed by atoms with E-state index in [0.717, 1.165) is 35.0 Å². The van der Waals surface area contributed by atoms with Crippen LogP contribution >= 0.6 is 0 Å². The van der Waals surface area contributed by atoms with Gasteiger partial charge in [0.05, 0.1) is 12.2 Å². The highest BCUT2D eigenvalue weighted by molar-refractivity contribution is 7.90. The van der Waals surface area contributed by atoms with Gasteiger partial charge in [0.1, 0.15) is 15.7 Å². The molecule has 1 aliphatic rings. The van der Waals surface area contributed by atoms with E-state index in [4.69, 9.17) is 0 Å². The number of H-pyrrole nitrogens is 1. The first-order valence-electron chi connectivity index (χ1n) is 8.45. The van der Waals surface area contributed by atoms with Gasteiger partial charge in [-0.3, -0.25) is 4.79 Å². The van der Waals surface area contributed by atoms with Crippen LogP contribution in [0.3, 0.4) is 0 Å². The smallest absolute Gasteiger partial charge is 0.227 e. The van der Waals surface area contributed by atoms with Crippen molar-refractivity contribution in [1.29, 1.82) is 0 Å². The average molecular weight is 366 g/mol. The van der Waals surface area contributed by atoms with Crippen molar-refractivity contribution in [2.45, 2.75) is 26.2 Å². The summed E-state index contributed by atoms with van der Waals surface area (Å²) in [4.78, 5) is 17.7. The van der Waals surface area contributed by atoms with E-state index in [1.807, 2.05) is 6.92 Å². The number of halogens is 1. The number of benzene rings is 1. The van der Waals surface area contributed by atoms with Gasteiger partial charge in [-0.15, -0.1) is 0 Å². The molecule has 1 aromatic carbocycles. The van der Waals surface area contributed by atoms with E-state index in [0.29, 0.717) is 13.1 Å². The summed E-state index contributed by atoms with van der Waals surface area (Å²) in [5, 5.41) is 0.732. The summed E-state index contributed by atoms with van der Waals surface area (Å²) in [7, 11) is -3.05. The Morgan fingerprint density at radius 2 is 2.16 bits per heavy atom. The fourth-order valence-corrected chi connectivity index (χ4v) is 4.83. The molecule has 1 atom stereocenters. The zero-order valence-corrected chi connectivity index (χ0v) is 15.3. The first-order chi connectivity index (χ1) is 11.7. The molecule has 0 radical (unpaired) electrons. The quantitative estimate of drug-likeness (QED) is 0.903. The van der Waals surface area contributed by atoms with Crippen molar-refractivity contribution in [2.75, 3.05) is 25.1 Å². The van der Waals surface area contributed by atoms with Gasteiger partial charge in [0.25, 0.3) is 0 Å². The zero-order valence-electron chi connectivity index (χ0n) is 14.5. The second-order valence-corrected chi connectivity index (χ2v) is 9.22. The van der Waals surface area contributed by atoms with Crippen LogP contribution in [0, 0.1) is 18.7 Å². The lowest BCUT2D eigenvalue weighted by molar-refractivity contribution is -0.132. The predicted molar refractivity (Wildman–Crippen MR) is 95.7 cm³/mol. The number of nitrogens with one attached hydrogen (secondary N) is 1. The fraction of sp³-hybridized carbons (Fsp3) is 0.500. The van der Waals surface area contributed by atoms with E-state index in [1.165, 1.54) is 18.4 Å². The van der Waals surface area contributed by atoms with Gasteiger partial charge in [-0.2, -0.15) is 0 Å². The van der Waals surface area contributed by atoms with E-state index in [1.54, 1.807) is 11.0 Å². The van der Waals surface area contributed by atoms with Gasteiger partial charge in [0.15, 0.2) is 0 Å². The molecule has 0 aliphatic carbocycles. The molecule has 1 fully saturated rings. The van der Waals surface area contributed by atoms with Crippen LogP contribution in [-0.2, 0) is 21.1 Å². The van der Waals surface area contributed by atoms with E-state index < -0.39 is 9.84 Å². The van der Waals surface area contributed by atoms with Crippen molar-refractivity contribution < 1.29 is 17.6 Å². The van der Waals surface area contributed by atoms with Gasteiger partial charge in [-0.25, -0.2) is 12.8 Å². The fourth-order valence-electron chi connectivity index (χ4n) is 3.70. The molecular formula is C18H23FN2O3S. The highest BCUT2D eigenvalue weighted by Crippen LogP contribution is 2.25. The average Bonchev–Trinajstić information content (AvgIpc) is 2.81. The lowest BCUT2D eigenvalue weighted by Gasteiger charge is -2.32. The van der Waals surface area contributed by atoms with Crippen LogP contribution in [0.25, 0.3) is 10.9 Å². The summed E-state index contributed by atoms with van der Waals surface area (Å²) in [6.07, 6.45) is 3.07. The summed E-state index contributed by atoms with van der Waals surface area (Å²) in [5.74, 6) is -0.249. The third-order valence-electron chi connectivity index (χ3n) is 4.82. The minimum Gasteiger partial charge on any atom is -0.358 e. The summed E-state index contributed by atoms with van der Waals surface area (Å²) >= 11 is 0. The van der Waals surface area contributed by atoms with Crippen molar-refractivity contribution in [3.8, 4) is 0 Å². The summed E-state index contributed by atoms with van der Waals surface area (Å²) < 4.78 is 36.6. The van der Waals surface area contributed by atoms with Crippen LogP contribution < -0.4 is 0 Å². The third kappa shape index (κ3) is 4.21. The highest BCUT2D eigenvalue weighted by atomic mass is 32.2. The Kier molecular flexibility index (Phi) is 4.86. The van der Waals surface area contributed by atoms with Crippen molar-refractivity contribution in [1.82, 2.24) is 9.88 Å². The number of rotatable bonds is 4. The number of aromatic amines is 1. The maximum Gasteiger partial charge on any atom is 0.227 e. The largest absolute Gasteiger partial charge is 0.358 e. The van der Waals surface area contributed by atoms with Crippen LogP contribution in [0.5, 0.6) is 0 Å². The molecule has 2 heterocycles. The molecule has 1 amide bonds. The molecular weight excluding hydrogens is 343 g/mol. The maximum absolute atomic E-state index is 13.6. The number of fused-ring (bicyclic) bond motifs is 1. The lowest BCUT2D eigenvalue weighted by Crippen LogP contribution is -2.42. The summed E-state index contributed by atoms with van der Waals surface area (Å²) in [6, 6.07) is 4.52. The van der Waals surface area contributed by atoms with E-state index in [9.17, 15) is 17.6 Å². The first-order valence-corrected chi connectivity index (χ1v) is 10.5. The second-order valence-electron chi connectivity index (χ2n) is 7.04. The lowest BCUT2D eigenvalue weighted by atomic mass is 9.99. The number of carbonyl (C=O) groups excluding carboxylic acids is 1. The van der Waals surface area contributed by atoms with E-state index in [2.05, 4.69) is 4.98 Å². The molecule has 1 saturated heterocycles. The maximum atomic E-state index is 13.6. The molecule has 0 bridgehead atoms. The Morgan fingerprint density at radius 3 is 2.88 bits per heavy atom. The third-order valence-corrected chi connectivity index (χ3v) is 5.90. The number of nitrogens with zero attached hydrogens (tertiary/aromatic N) is 1. The Labute approximate surface area is 147 Å². The molecule has 0 spiro atoms. The Bertz CT molecular complexity index is 904. The standard InChI is InChI=1S/C18H23FN2O3S/c1-12-15(16-8-14(19)5-6-17(16)20-12)9-18(22)21-7-3-4-13(10-21)11-25(2,23)24/h5-6,8,13,20H,3-4,7,9-11H2,1-2H3/t13-/m1/s1. The summed E-state index contributed by atoms with van der Waals surface area (Å²) in [5.41, 5.74) is 2.48. The number of sulfone groups is 1. The van der Waals surface area contributed by atoms with Crippen LogP contribution in [0.1, 0.15) is 24.1 Å². The van der Waals surface area contributed by atoms with Crippen molar-refractivity contribution in [2.24, 2.45) is 5.92 Å². The van der Waals surface area contributed by atoms with Gasteiger partial charge in [0.2, 0.25) is 5.91 Å². The number of hydrogen-bond donors (Lipinski definition) is 1. The molecule has 7 heteroatoms. The van der Waals surface area contributed by atoms with Crippen LogP contribution in [-0.4, -0.2) is 49.3 Å². The minimum absolute atomic E-state index is 0.00536.